The first-order valence-electron chi connectivity index (χ1n) is 12.2. The number of esters is 1. The number of amides is 2. The van der Waals surface area contributed by atoms with Gasteiger partial charge in [0, 0.05) is 24.5 Å². The Balaban J connectivity index is 1.51. The molecule has 0 saturated carbocycles. The normalized spacial score (nSPS) is 14.8. The molecule has 2 heterocycles. The van der Waals surface area contributed by atoms with Crippen molar-refractivity contribution < 1.29 is 19.1 Å². The molecule has 0 radical (unpaired) electrons. The van der Waals surface area contributed by atoms with Gasteiger partial charge in [-0.25, -0.2) is 9.88 Å². The molecule has 1 saturated heterocycles. The lowest BCUT2D eigenvalue weighted by atomic mass is 9.98. The second-order valence-electron chi connectivity index (χ2n) is 9.04. The summed E-state index contributed by atoms with van der Waals surface area (Å²) in [5.41, 5.74) is 4.96. The summed E-state index contributed by atoms with van der Waals surface area (Å²) in [4.78, 5) is 43.5. The van der Waals surface area contributed by atoms with E-state index in [4.69, 9.17) is 9.72 Å². The summed E-state index contributed by atoms with van der Waals surface area (Å²) in [5, 5.41) is 9.83. The Labute approximate surface area is 230 Å². The molecule has 39 heavy (non-hydrogen) atoms. The number of imide groups is 1. The van der Waals surface area contributed by atoms with Crippen molar-refractivity contribution in [1.82, 2.24) is 4.98 Å². The van der Waals surface area contributed by atoms with E-state index in [2.05, 4.69) is 6.07 Å². The van der Waals surface area contributed by atoms with Crippen molar-refractivity contribution in [3.05, 3.63) is 96.1 Å². The Morgan fingerprint density at radius 2 is 1.69 bits per heavy atom. The van der Waals surface area contributed by atoms with Gasteiger partial charge in [0.05, 0.1) is 22.2 Å². The summed E-state index contributed by atoms with van der Waals surface area (Å²) in [6.07, 6.45) is -0.0306. The molecule has 1 unspecified atom stereocenters. The van der Waals surface area contributed by atoms with Crippen molar-refractivity contribution >= 4 is 35.2 Å². The highest BCUT2D eigenvalue weighted by atomic mass is 32.2. The van der Waals surface area contributed by atoms with Gasteiger partial charge in [-0.3, -0.25) is 14.4 Å². The van der Waals surface area contributed by atoms with Crippen molar-refractivity contribution in [1.29, 1.82) is 5.26 Å². The molecule has 7 nitrogen and oxygen atoms in total. The molecule has 0 bridgehead atoms. The number of anilines is 1. The second-order valence-corrected chi connectivity index (χ2v) is 10.2. The van der Waals surface area contributed by atoms with Crippen LogP contribution in [0.15, 0.2) is 90.0 Å². The Kier molecular flexibility index (Phi) is 7.26. The zero-order valence-electron chi connectivity index (χ0n) is 21.3. The predicted octanol–water partition coefficient (Wildman–Crippen LogP) is 5.95. The first-order valence-corrected chi connectivity index (χ1v) is 13.1. The van der Waals surface area contributed by atoms with E-state index in [9.17, 15) is 19.6 Å². The van der Waals surface area contributed by atoms with Gasteiger partial charge in [0.25, 0.3) is 0 Å². The molecule has 3 aromatic carbocycles. The van der Waals surface area contributed by atoms with Crippen LogP contribution in [0.1, 0.15) is 24.5 Å². The number of aromatic nitrogens is 1. The van der Waals surface area contributed by atoms with Gasteiger partial charge in [0.2, 0.25) is 11.8 Å². The Morgan fingerprint density at radius 3 is 2.33 bits per heavy atom. The number of pyridine rings is 1. The molecule has 5 rings (SSSR count). The van der Waals surface area contributed by atoms with Gasteiger partial charge in [-0.15, -0.1) is 0 Å². The first-order chi connectivity index (χ1) is 18.8. The van der Waals surface area contributed by atoms with Crippen LogP contribution in [0.25, 0.3) is 22.4 Å². The SMILES string of the molecule is CC(=O)Oc1ccc(N2C(=O)CC(Sc3nc(-c4ccccc4)cc(-c4ccc(C)cc4)c3C#N)C2=O)cc1. The molecule has 1 aliphatic heterocycles. The molecule has 8 heteroatoms. The Hall–Kier alpha value is -4.74. The van der Waals surface area contributed by atoms with E-state index in [1.54, 1.807) is 12.1 Å². The fraction of sp³-hybridized carbons (Fsp3) is 0.129. The molecule has 1 aromatic heterocycles. The van der Waals surface area contributed by atoms with Crippen LogP contribution < -0.4 is 9.64 Å². The van der Waals surface area contributed by atoms with Gasteiger partial charge in [0.15, 0.2) is 0 Å². The van der Waals surface area contributed by atoms with Crippen molar-refractivity contribution in [3.63, 3.8) is 0 Å². The minimum Gasteiger partial charge on any atom is -0.427 e. The zero-order chi connectivity index (χ0) is 27.5. The minimum absolute atomic E-state index is 0.0306. The van der Waals surface area contributed by atoms with E-state index in [0.29, 0.717) is 33.3 Å². The average molecular weight is 534 g/mol. The number of nitrogens with zero attached hydrogens (tertiary/aromatic N) is 3. The van der Waals surface area contributed by atoms with Crippen LogP contribution in [0.2, 0.25) is 0 Å². The van der Waals surface area contributed by atoms with Gasteiger partial charge in [-0.1, -0.05) is 71.9 Å². The van der Waals surface area contributed by atoms with Gasteiger partial charge in [0.1, 0.15) is 16.8 Å². The third kappa shape index (κ3) is 5.44. The van der Waals surface area contributed by atoms with Crippen LogP contribution in [0.5, 0.6) is 5.75 Å². The molecule has 1 aliphatic rings. The summed E-state index contributed by atoms with van der Waals surface area (Å²) >= 11 is 1.13. The van der Waals surface area contributed by atoms with E-state index < -0.39 is 17.1 Å². The fourth-order valence-electron chi connectivity index (χ4n) is 4.36. The highest BCUT2D eigenvalue weighted by Gasteiger charge is 2.41. The highest BCUT2D eigenvalue weighted by molar-refractivity contribution is 8.00. The number of benzene rings is 3. The second kappa shape index (κ2) is 10.9. The zero-order valence-corrected chi connectivity index (χ0v) is 22.1. The smallest absolute Gasteiger partial charge is 0.308 e. The third-order valence-electron chi connectivity index (χ3n) is 6.25. The largest absolute Gasteiger partial charge is 0.427 e. The predicted molar refractivity (Wildman–Crippen MR) is 149 cm³/mol. The molecule has 1 fully saturated rings. The van der Waals surface area contributed by atoms with E-state index in [1.807, 2.05) is 67.6 Å². The number of aryl methyl sites for hydroxylation is 1. The number of rotatable bonds is 6. The lowest BCUT2D eigenvalue weighted by molar-refractivity contribution is -0.132. The summed E-state index contributed by atoms with van der Waals surface area (Å²) in [7, 11) is 0. The van der Waals surface area contributed by atoms with Crippen LogP contribution in [0.4, 0.5) is 5.69 Å². The third-order valence-corrected chi connectivity index (χ3v) is 7.42. The standard InChI is InChI=1S/C31H23N3O4S/c1-19-8-10-21(11-9-19)25-16-27(22-6-4-3-5-7-22)33-30(26(25)18-32)39-28-17-29(36)34(31(28)37)23-12-14-24(15-13-23)38-20(2)35/h3-16,28H,17H2,1-2H3. The minimum atomic E-state index is -0.748. The number of thioether (sulfide) groups is 1. The van der Waals surface area contributed by atoms with E-state index in [0.717, 1.165) is 33.4 Å². The van der Waals surface area contributed by atoms with Gasteiger partial charge < -0.3 is 4.74 Å². The first kappa shape index (κ1) is 25.9. The molecular formula is C31H23N3O4S. The van der Waals surface area contributed by atoms with Gasteiger partial charge >= 0.3 is 5.97 Å². The molecule has 0 aliphatic carbocycles. The summed E-state index contributed by atoms with van der Waals surface area (Å²) in [5.74, 6) is -0.885. The number of nitriles is 1. The molecule has 2 amide bonds. The topological polar surface area (TPSA) is 100 Å². The monoisotopic (exact) mass is 533 g/mol. The van der Waals surface area contributed by atoms with Gasteiger partial charge in [-0.05, 0) is 42.8 Å². The number of carbonyl (C=O) groups excluding carboxylic acids is 3. The summed E-state index contributed by atoms with van der Waals surface area (Å²) in [6, 6.07) is 27.9. The summed E-state index contributed by atoms with van der Waals surface area (Å²) < 4.78 is 5.04. The maximum absolute atomic E-state index is 13.4. The van der Waals surface area contributed by atoms with Crippen molar-refractivity contribution in [2.24, 2.45) is 0 Å². The number of carbonyl (C=O) groups is 3. The average Bonchev–Trinajstić information content (AvgIpc) is 3.21. The fourth-order valence-corrected chi connectivity index (χ4v) is 5.49. The molecule has 1 atom stereocenters. The Bertz CT molecular complexity index is 1610. The van der Waals surface area contributed by atoms with Crippen LogP contribution in [-0.4, -0.2) is 28.0 Å². The van der Waals surface area contributed by atoms with Crippen LogP contribution >= 0.6 is 11.8 Å². The Morgan fingerprint density at radius 1 is 1.00 bits per heavy atom. The van der Waals surface area contributed by atoms with Crippen molar-refractivity contribution in [2.75, 3.05) is 4.90 Å². The quantitative estimate of drug-likeness (QED) is 0.172. The lowest BCUT2D eigenvalue weighted by Gasteiger charge is -2.16. The van der Waals surface area contributed by atoms with E-state index in [-0.39, 0.29) is 12.3 Å². The van der Waals surface area contributed by atoms with Gasteiger partial charge in [-0.2, -0.15) is 5.26 Å². The van der Waals surface area contributed by atoms with Crippen molar-refractivity contribution in [2.45, 2.75) is 30.5 Å². The molecular weight excluding hydrogens is 510 g/mol. The molecule has 0 spiro atoms. The van der Waals surface area contributed by atoms with Crippen LogP contribution in [0.3, 0.4) is 0 Å². The number of ether oxygens (including phenoxy) is 1. The maximum Gasteiger partial charge on any atom is 0.308 e. The molecule has 0 N–H and O–H groups in total. The summed E-state index contributed by atoms with van der Waals surface area (Å²) in [6.45, 7) is 3.29. The molecule has 4 aromatic rings. The lowest BCUT2D eigenvalue weighted by Crippen LogP contribution is -2.31. The van der Waals surface area contributed by atoms with E-state index in [1.165, 1.54) is 19.1 Å². The number of hydrogen-bond donors (Lipinski definition) is 0. The van der Waals surface area contributed by atoms with E-state index >= 15 is 0 Å². The maximum atomic E-state index is 13.4. The van der Waals surface area contributed by atoms with Crippen LogP contribution in [0, 0.1) is 18.3 Å². The van der Waals surface area contributed by atoms with Crippen LogP contribution in [-0.2, 0) is 14.4 Å². The number of hydrogen-bond acceptors (Lipinski definition) is 7. The van der Waals surface area contributed by atoms with Crippen molar-refractivity contribution in [3.8, 4) is 34.2 Å². The highest BCUT2D eigenvalue weighted by Crippen LogP contribution is 2.39. The molecule has 192 valence electrons.